The topological polar surface area (TPSA) is 85.8 Å². The Morgan fingerprint density at radius 3 is 2.76 bits per heavy atom. The third-order valence-electron chi connectivity index (χ3n) is 2.59. The molecule has 0 aromatic carbocycles. The third-order valence-corrected chi connectivity index (χ3v) is 2.59. The van der Waals surface area contributed by atoms with Crippen LogP contribution in [-0.2, 0) is 0 Å². The van der Waals surface area contributed by atoms with Gasteiger partial charge in [0.2, 0.25) is 0 Å². The van der Waals surface area contributed by atoms with Crippen molar-refractivity contribution in [3.63, 3.8) is 0 Å². The molecule has 2 aromatic rings. The minimum absolute atomic E-state index is 0. The van der Waals surface area contributed by atoms with Crippen molar-refractivity contribution in [3.05, 3.63) is 42.4 Å². The quantitative estimate of drug-likeness (QED) is 0.870. The molecule has 2 aromatic heterocycles. The van der Waals surface area contributed by atoms with E-state index in [2.05, 4.69) is 15.4 Å². The summed E-state index contributed by atoms with van der Waals surface area (Å²) in [7, 11) is 0. The van der Waals surface area contributed by atoms with E-state index in [-0.39, 0.29) is 36.8 Å². The zero-order valence-electron chi connectivity index (χ0n) is 11.6. The molecular formula is C13H19Cl2N5O. The van der Waals surface area contributed by atoms with Gasteiger partial charge in [0.05, 0.1) is 0 Å². The van der Waals surface area contributed by atoms with Crippen molar-refractivity contribution < 1.29 is 4.79 Å². The van der Waals surface area contributed by atoms with Crippen molar-refractivity contribution >= 4 is 30.7 Å². The summed E-state index contributed by atoms with van der Waals surface area (Å²) < 4.78 is 1.61. The molecule has 2 rings (SSSR count). The minimum atomic E-state index is -0.199. The van der Waals surface area contributed by atoms with Gasteiger partial charge in [-0.25, -0.2) is 9.67 Å². The zero-order chi connectivity index (χ0) is 13.7. The van der Waals surface area contributed by atoms with Gasteiger partial charge in [0.1, 0.15) is 5.69 Å². The van der Waals surface area contributed by atoms with E-state index in [1.54, 1.807) is 41.3 Å². The Morgan fingerprint density at radius 2 is 2.14 bits per heavy atom. The Kier molecular flexibility index (Phi) is 8.61. The number of aromatic nitrogens is 3. The third kappa shape index (κ3) is 5.71. The number of rotatable bonds is 5. The first-order chi connectivity index (χ1) is 9.16. The molecule has 2 heterocycles. The maximum Gasteiger partial charge on any atom is 0.269 e. The van der Waals surface area contributed by atoms with Gasteiger partial charge >= 0.3 is 0 Å². The number of nitrogens with zero attached hydrogens (tertiary/aromatic N) is 3. The molecule has 116 valence electrons. The average molecular weight is 332 g/mol. The number of amides is 1. The number of pyridine rings is 1. The molecule has 6 nitrogen and oxygen atoms in total. The first-order valence-corrected chi connectivity index (χ1v) is 6.17. The van der Waals surface area contributed by atoms with E-state index >= 15 is 0 Å². The molecule has 0 aliphatic carbocycles. The van der Waals surface area contributed by atoms with E-state index in [0.29, 0.717) is 18.1 Å². The predicted molar refractivity (Wildman–Crippen MR) is 86.5 cm³/mol. The Balaban J connectivity index is 0.00000200. The van der Waals surface area contributed by atoms with Gasteiger partial charge < -0.3 is 11.1 Å². The van der Waals surface area contributed by atoms with Crippen LogP contribution >= 0.6 is 24.8 Å². The summed E-state index contributed by atoms with van der Waals surface area (Å²) in [6.07, 6.45) is 4.18. The SMILES string of the molecule is CC(N)CCNC(=O)c1cccc(-n2cccn2)n1.Cl.Cl. The van der Waals surface area contributed by atoms with Crippen LogP contribution in [0.4, 0.5) is 0 Å². The first kappa shape index (κ1) is 19.4. The average Bonchev–Trinajstić information content (AvgIpc) is 2.92. The molecule has 0 aliphatic rings. The lowest BCUT2D eigenvalue weighted by molar-refractivity contribution is 0.0947. The highest BCUT2D eigenvalue weighted by molar-refractivity contribution is 5.92. The number of carbonyl (C=O) groups is 1. The summed E-state index contributed by atoms with van der Waals surface area (Å²) in [4.78, 5) is 16.2. The van der Waals surface area contributed by atoms with Gasteiger partial charge in [0.25, 0.3) is 5.91 Å². The summed E-state index contributed by atoms with van der Waals surface area (Å²) in [5.74, 6) is 0.416. The molecule has 0 spiro atoms. The summed E-state index contributed by atoms with van der Waals surface area (Å²) in [5, 5.41) is 6.87. The van der Waals surface area contributed by atoms with Crippen LogP contribution in [0.3, 0.4) is 0 Å². The van der Waals surface area contributed by atoms with Crippen LogP contribution in [0.2, 0.25) is 0 Å². The van der Waals surface area contributed by atoms with Gasteiger partial charge in [0, 0.05) is 25.0 Å². The molecule has 0 bridgehead atoms. The largest absolute Gasteiger partial charge is 0.351 e. The van der Waals surface area contributed by atoms with Crippen LogP contribution in [-0.4, -0.2) is 33.3 Å². The zero-order valence-corrected chi connectivity index (χ0v) is 13.2. The molecule has 0 aliphatic heterocycles. The highest BCUT2D eigenvalue weighted by Crippen LogP contribution is 2.04. The van der Waals surface area contributed by atoms with E-state index in [0.717, 1.165) is 6.42 Å². The number of hydrogen-bond acceptors (Lipinski definition) is 4. The fourth-order valence-corrected chi connectivity index (χ4v) is 1.59. The van der Waals surface area contributed by atoms with Crippen molar-refractivity contribution in [1.82, 2.24) is 20.1 Å². The lowest BCUT2D eigenvalue weighted by atomic mass is 10.2. The molecule has 0 fully saturated rings. The Hall–Kier alpha value is -1.63. The van der Waals surface area contributed by atoms with Gasteiger partial charge in [-0.3, -0.25) is 4.79 Å². The van der Waals surface area contributed by atoms with Crippen molar-refractivity contribution in [2.45, 2.75) is 19.4 Å². The van der Waals surface area contributed by atoms with Gasteiger partial charge in [-0.15, -0.1) is 24.8 Å². The molecule has 3 N–H and O–H groups in total. The van der Waals surface area contributed by atoms with E-state index in [4.69, 9.17) is 5.73 Å². The van der Waals surface area contributed by atoms with E-state index < -0.39 is 0 Å². The maximum absolute atomic E-state index is 11.9. The Labute approximate surface area is 135 Å². The molecule has 0 radical (unpaired) electrons. The molecule has 0 saturated carbocycles. The van der Waals surface area contributed by atoms with Crippen LogP contribution in [0.15, 0.2) is 36.7 Å². The Morgan fingerprint density at radius 1 is 1.38 bits per heavy atom. The van der Waals surface area contributed by atoms with Gasteiger partial charge in [-0.1, -0.05) is 6.07 Å². The van der Waals surface area contributed by atoms with Gasteiger partial charge in [-0.05, 0) is 31.5 Å². The Bertz CT molecular complexity index is 545. The molecule has 21 heavy (non-hydrogen) atoms. The number of halogens is 2. The normalized spacial score (nSPS) is 11.0. The second kappa shape index (κ2) is 9.33. The van der Waals surface area contributed by atoms with Crippen molar-refractivity contribution in [2.24, 2.45) is 5.73 Å². The van der Waals surface area contributed by atoms with Crippen LogP contribution in [0.5, 0.6) is 0 Å². The van der Waals surface area contributed by atoms with Gasteiger partial charge in [-0.2, -0.15) is 5.10 Å². The van der Waals surface area contributed by atoms with Crippen molar-refractivity contribution in [1.29, 1.82) is 0 Å². The van der Waals surface area contributed by atoms with E-state index in [1.165, 1.54) is 0 Å². The fraction of sp³-hybridized carbons (Fsp3) is 0.308. The number of nitrogens with one attached hydrogen (secondary N) is 1. The van der Waals surface area contributed by atoms with E-state index in [9.17, 15) is 4.79 Å². The summed E-state index contributed by atoms with van der Waals surface area (Å²) >= 11 is 0. The molecular weight excluding hydrogens is 313 g/mol. The number of nitrogens with two attached hydrogens (primary N) is 1. The second-order valence-electron chi connectivity index (χ2n) is 4.35. The lowest BCUT2D eigenvalue weighted by Crippen LogP contribution is -2.29. The summed E-state index contributed by atoms with van der Waals surface area (Å²) in [5.41, 5.74) is 6.00. The van der Waals surface area contributed by atoms with Crippen LogP contribution in [0.25, 0.3) is 5.82 Å². The van der Waals surface area contributed by atoms with Crippen LogP contribution < -0.4 is 11.1 Å². The first-order valence-electron chi connectivity index (χ1n) is 6.17. The molecule has 0 saturated heterocycles. The maximum atomic E-state index is 11.9. The second-order valence-corrected chi connectivity index (χ2v) is 4.35. The lowest BCUT2D eigenvalue weighted by Gasteiger charge is -2.07. The summed E-state index contributed by atoms with van der Waals surface area (Å²) in [6, 6.07) is 7.13. The monoisotopic (exact) mass is 331 g/mol. The smallest absolute Gasteiger partial charge is 0.269 e. The van der Waals surface area contributed by atoms with Crippen LogP contribution in [0, 0.1) is 0 Å². The molecule has 1 unspecified atom stereocenters. The van der Waals surface area contributed by atoms with Crippen molar-refractivity contribution in [3.8, 4) is 5.82 Å². The predicted octanol–water partition coefficient (Wildman–Crippen LogP) is 1.58. The van der Waals surface area contributed by atoms with E-state index in [1.807, 2.05) is 6.92 Å². The standard InChI is InChI=1S/C13H17N5O.2ClH/c1-10(14)6-8-15-13(19)11-4-2-5-12(17-11)18-9-3-7-16-18;;/h2-5,7,9-10H,6,8,14H2,1H3,(H,15,19);2*1H. The highest BCUT2D eigenvalue weighted by Gasteiger charge is 2.08. The minimum Gasteiger partial charge on any atom is -0.351 e. The number of hydrogen-bond donors (Lipinski definition) is 2. The summed E-state index contributed by atoms with van der Waals surface area (Å²) in [6.45, 7) is 2.45. The van der Waals surface area contributed by atoms with Gasteiger partial charge in [0.15, 0.2) is 5.82 Å². The van der Waals surface area contributed by atoms with Crippen LogP contribution in [0.1, 0.15) is 23.8 Å². The molecule has 1 amide bonds. The highest BCUT2D eigenvalue weighted by atomic mass is 35.5. The number of carbonyl (C=O) groups excluding carboxylic acids is 1. The molecule has 1 atom stereocenters. The molecule has 8 heteroatoms. The fourth-order valence-electron chi connectivity index (χ4n) is 1.59. The van der Waals surface area contributed by atoms with Crippen molar-refractivity contribution in [2.75, 3.05) is 6.54 Å².